The maximum absolute atomic E-state index is 11.8. The summed E-state index contributed by atoms with van der Waals surface area (Å²) in [6.07, 6.45) is 4.83. The monoisotopic (exact) mass is 345 g/mol. The van der Waals surface area contributed by atoms with Gasteiger partial charge in [-0.2, -0.15) is 4.98 Å². The van der Waals surface area contributed by atoms with Crippen LogP contribution in [0.15, 0.2) is 14.1 Å². The van der Waals surface area contributed by atoms with Gasteiger partial charge in [-0.3, -0.25) is 14.3 Å². The molecule has 1 saturated carbocycles. The van der Waals surface area contributed by atoms with Gasteiger partial charge in [-0.05, 0) is 12.8 Å². The van der Waals surface area contributed by atoms with Crippen LogP contribution in [-0.2, 0) is 25.4 Å². The van der Waals surface area contributed by atoms with Crippen LogP contribution in [0.3, 0.4) is 0 Å². The summed E-state index contributed by atoms with van der Waals surface area (Å²) < 4.78 is 6.59. The Kier molecular flexibility index (Phi) is 3.57. The van der Waals surface area contributed by atoms with Crippen LogP contribution in [0.1, 0.15) is 43.2 Å². The molecule has 1 fully saturated rings. The molecule has 0 aromatic carbocycles. The number of aromatic nitrogens is 6. The summed E-state index contributed by atoms with van der Waals surface area (Å²) >= 11 is 0. The molecule has 132 valence electrons. The molecule has 25 heavy (non-hydrogen) atoms. The smallest absolute Gasteiger partial charge is 0.329 e. The van der Waals surface area contributed by atoms with E-state index in [0.717, 1.165) is 25.7 Å². The van der Waals surface area contributed by atoms with E-state index in [1.54, 1.807) is 7.05 Å². The molecule has 4 N–H and O–H groups in total. The Morgan fingerprint density at radius 1 is 1.20 bits per heavy atom. The van der Waals surface area contributed by atoms with E-state index in [2.05, 4.69) is 25.1 Å². The Hall–Kier alpha value is -2.75. The van der Waals surface area contributed by atoms with Crippen LogP contribution < -0.4 is 17.0 Å². The Morgan fingerprint density at radius 2 is 1.96 bits per heavy atom. The molecule has 3 aromatic rings. The van der Waals surface area contributed by atoms with Gasteiger partial charge in [0.2, 0.25) is 5.89 Å². The Labute approximate surface area is 141 Å². The van der Waals surface area contributed by atoms with E-state index < -0.39 is 16.8 Å². The highest BCUT2D eigenvalue weighted by Gasteiger charge is 2.35. The van der Waals surface area contributed by atoms with Crippen LogP contribution in [0.25, 0.3) is 11.2 Å². The molecule has 3 aromatic heterocycles. The third-order valence-electron chi connectivity index (χ3n) is 4.79. The number of nitrogens with one attached hydrogen (secondary N) is 2. The third kappa shape index (κ3) is 2.68. The highest BCUT2D eigenvalue weighted by molar-refractivity contribution is 5.69. The minimum absolute atomic E-state index is 0.273. The van der Waals surface area contributed by atoms with Crippen LogP contribution in [0.5, 0.6) is 0 Å². The van der Waals surface area contributed by atoms with E-state index in [1.165, 1.54) is 4.57 Å². The fourth-order valence-corrected chi connectivity index (χ4v) is 3.28. The van der Waals surface area contributed by atoms with Gasteiger partial charge in [0.15, 0.2) is 11.5 Å². The minimum atomic E-state index is -0.498. The van der Waals surface area contributed by atoms with Crippen LogP contribution in [-0.4, -0.2) is 29.7 Å². The summed E-state index contributed by atoms with van der Waals surface area (Å²) in [6.45, 7) is 0. The quantitative estimate of drug-likeness (QED) is 0.595. The highest BCUT2D eigenvalue weighted by Crippen LogP contribution is 2.34. The molecule has 1 aliphatic carbocycles. The molecule has 0 amide bonds. The van der Waals surface area contributed by atoms with Crippen LogP contribution >= 0.6 is 0 Å². The lowest BCUT2D eigenvalue weighted by molar-refractivity contribution is 0.348. The lowest BCUT2D eigenvalue weighted by Crippen LogP contribution is -2.34. The minimum Gasteiger partial charge on any atom is -0.339 e. The Balaban J connectivity index is 1.54. The predicted molar refractivity (Wildman–Crippen MR) is 88.0 cm³/mol. The van der Waals surface area contributed by atoms with Crippen molar-refractivity contribution in [2.45, 2.75) is 44.1 Å². The van der Waals surface area contributed by atoms with Crippen molar-refractivity contribution in [1.29, 1.82) is 0 Å². The third-order valence-corrected chi connectivity index (χ3v) is 4.79. The SMILES string of the molecule is Cn1c(=O)[nH]c(=O)c2[nH]c(CCc3nc(C4(N)CCCC4)no3)nc21. The van der Waals surface area contributed by atoms with Crippen molar-refractivity contribution < 1.29 is 4.52 Å². The zero-order valence-electron chi connectivity index (χ0n) is 13.8. The van der Waals surface area contributed by atoms with Gasteiger partial charge in [-0.1, -0.05) is 18.0 Å². The van der Waals surface area contributed by atoms with E-state index in [1.807, 2.05) is 0 Å². The zero-order valence-corrected chi connectivity index (χ0v) is 13.8. The van der Waals surface area contributed by atoms with E-state index in [-0.39, 0.29) is 5.52 Å². The molecule has 10 heteroatoms. The molecule has 0 radical (unpaired) electrons. The Bertz CT molecular complexity index is 1040. The van der Waals surface area contributed by atoms with Crippen molar-refractivity contribution in [2.24, 2.45) is 12.8 Å². The van der Waals surface area contributed by atoms with Gasteiger partial charge in [0.05, 0.1) is 5.54 Å². The van der Waals surface area contributed by atoms with Crippen LogP contribution in [0.2, 0.25) is 0 Å². The first-order chi connectivity index (χ1) is 12.0. The molecular formula is C15H19N7O3. The number of imidazole rings is 1. The maximum atomic E-state index is 11.8. The number of nitrogens with zero attached hydrogens (tertiary/aromatic N) is 4. The maximum Gasteiger partial charge on any atom is 0.329 e. The summed E-state index contributed by atoms with van der Waals surface area (Å²) in [5, 5.41) is 4.02. The molecule has 0 spiro atoms. The van der Waals surface area contributed by atoms with Gasteiger partial charge in [-0.25, -0.2) is 9.78 Å². The zero-order chi connectivity index (χ0) is 17.6. The molecule has 0 unspecified atom stereocenters. The van der Waals surface area contributed by atoms with Crippen molar-refractivity contribution in [3.63, 3.8) is 0 Å². The van der Waals surface area contributed by atoms with Crippen molar-refractivity contribution in [2.75, 3.05) is 0 Å². The van der Waals surface area contributed by atoms with Crippen LogP contribution in [0, 0.1) is 0 Å². The molecule has 0 aliphatic heterocycles. The van der Waals surface area contributed by atoms with Crippen molar-refractivity contribution >= 4 is 11.2 Å². The first-order valence-electron chi connectivity index (χ1n) is 8.26. The van der Waals surface area contributed by atoms with Gasteiger partial charge in [-0.15, -0.1) is 0 Å². The van der Waals surface area contributed by atoms with Crippen molar-refractivity contribution in [1.82, 2.24) is 29.7 Å². The number of fused-ring (bicyclic) bond motifs is 1. The Morgan fingerprint density at radius 3 is 2.72 bits per heavy atom. The number of hydrogen-bond donors (Lipinski definition) is 3. The molecule has 0 saturated heterocycles. The number of H-pyrrole nitrogens is 2. The average Bonchev–Trinajstić information content (AvgIpc) is 3.30. The largest absolute Gasteiger partial charge is 0.339 e. The second-order valence-corrected chi connectivity index (χ2v) is 6.58. The molecule has 0 atom stereocenters. The van der Waals surface area contributed by atoms with Crippen molar-refractivity contribution in [3.8, 4) is 0 Å². The van der Waals surface area contributed by atoms with Crippen molar-refractivity contribution in [3.05, 3.63) is 38.4 Å². The first kappa shape index (κ1) is 15.8. The first-order valence-corrected chi connectivity index (χ1v) is 8.26. The van der Waals surface area contributed by atoms with Gasteiger partial charge in [0, 0.05) is 19.9 Å². The lowest BCUT2D eigenvalue weighted by Gasteiger charge is -2.17. The average molecular weight is 345 g/mol. The normalized spacial score (nSPS) is 16.7. The second-order valence-electron chi connectivity index (χ2n) is 6.58. The fourth-order valence-electron chi connectivity index (χ4n) is 3.28. The molecule has 0 bridgehead atoms. The number of aryl methyl sites for hydroxylation is 3. The van der Waals surface area contributed by atoms with Gasteiger partial charge >= 0.3 is 5.69 Å². The molecule has 4 rings (SSSR count). The van der Waals surface area contributed by atoms with E-state index in [4.69, 9.17) is 10.3 Å². The molecule has 1 aliphatic rings. The summed E-state index contributed by atoms with van der Waals surface area (Å²) in [5.41, 5.74) is 5.46. The lowest BCUT2D eigenvalue weighted by atomic mass is 9.99. The predicted octanol–water partition coefficient (Wildman–Crippen LogP) is -0.154. The van der Waals surface area contributed by atoms with E-state index in [0.29, 0.717) is 36.0 Å². The fraction of sp³-hybridized carbons (Fsp3) is 0.533. The number of nitrogens with two attached hydrogens (primary N) is 1. The molecular weight excluding hydrogens is 326 g/mol. The van der Waals surface area contributed by atoms with E-state index in [9.17, 15) is 9.59 Å². The summed E-state index contributed by atoms with van der Waals surface area (Å²) in [4.78, 5) is 37.3. The van der Waals surface area contributed by atoms with Crippen LogP contribution in [0.4, 0.5) is 0 Å². The topological polar surface area (TPSA) is 148 Å². The number of hydrogen-bond acceptors (Lipinski definition) is 7. The molecule has 3 heterocycles. The van der Waals surface area contributed by atoms with Gasteiger partial charge in [0.1, 0.15) is 11.3 Å². The highest BCUT2D eigenvalue weighted by atomic mass is 16.5. The summed E-state index contributed by atoms with van der Waals surface area (Å²) in [7, 11) is 1.55. The van der Waals surface area contributed by atoms with E-state index >= 15 is 0 Å². The standard InChI is InChI=1S/C15H19N7O3/c1-22-11-10(12(23)20-14(22)24)17-8(18-11)4-5-9-19-13(21-25-9)15(16)6-2-3-7-15/h2-7,16H2,1H3,(H,17,18)(H,20,23,24). The molecule has 10 nitrogen and oxygen atoms in total. The van der Waals surface area contributed by atoms with Gasteiger partial charge in [0.25, 0.3) is 5.56 Å². The summed E-state index contributed by atoms with van der Waals surface area (Å²) in [5.74, 6) is 1.61. The number of aromatic amines is 2. The van der Waals surface area contributed by atoms with Gasteiger partial charge < -0.3 is 15.2 Å². The summed E-state index contributed by atoms with van der Waals surface area (Å²) in [6, 6.07) is 0. The number of rotatable bonds is 4. The second kappa shape index (κ2) is 5.66.